The fourth-order valence-electron chi connectivity index (χ4n) is 2.55. The van der Waals surface area contributed by atoms with E-state index in [1.807, 2.05) is 12.3 Å². The summed E-state index contributed by atoms with van der Waals surface area (Å²) in [7, 11) is 0. The molecule has 0 aromatic carbocycles. The second-order valence-electron chi connectivity index (χ2n) is 4.64. The summed E-state index contributed by atoms with van der Waals surface area (Å²) in [4.78, 5) is 7.73. The molecule has 2 rings (SSSR count). The molecule has 1 N–H and O–H groups in total. The zero-order valence-electron chi connectivity index (χ0n) is 10.9. The number of H-pyrrole nitrogens is 1. The lowest BCUT2D eigenvalue weighted by atomic mass is 9.95. The van der Waals surface area contributed by atoms with Crippen LogP contribution < -0.4 is 0 Å². The minimum atomic E-state index is 0.370. The maximum atomic E-state index is 5.44. The Bertz CT molecular complexity index is 598. The second kappa shape index (κ2) is 5.53. The second-order valence-corrected chi connectivity index (χ2v) is 5.94. The topological polar surface area (TPSA) is 33.6 Å². The van der Waals surface area contributed by atoms with Gasteiger partial charge in [0.2, 0.25) is 0 Å². The van der Waals surface area contributed by atoms with E-state index in [1.54, 1.807) is 0 Å². The van der Waals surface area contributed by atoms with Gasteiger partial charge in [0, 0.05) is 16.7 Å². The quantitative estimate of drug-likeness (QED) is 0.814. The van der Waals surface area contributed by atoms with Gasteiger partial charge in [-0.05, 0) is 47.1 Å². The molecular weight excluding hydrogens is 310 g/mol. The molecule has 0 amide bonds. The molecule has 0 bridgehead atoms. The summed E-state index contributed by atoms with van der Waals surface area (Å²) in [5.41, 5.74) is 1.94. The van der Waals surface area contributed by atoms with Gasteiger partial charge < -0.3 is 4.98 Å². The van der Waals surface area contributed by atoms with Crippen molar-refractivity contribution in [2.24, 2.45) is 5.92 Å². The maximum absolute atomic E-state index is 5.44. The number of aromatic nitrogens is 3. The molecule has 0 spiro atoms. The Morgan fingerprint density at radius 3 is 2.72 bits per heavy atom. The van der Waals surface area contributed by atoms with Gasteiger partial charge in [-0.25, -0.2) is 4.98 Å². The molecule has 5 heteroatoms. The van der Waals surface area contributed by atoms with E-state index in [4.69, 9.17) is 12.2 Å². The van der Waals surface area contributed by atoms with Crippen LogP contribution in [0.25, 0.3) is 11.2 Å². The smallest absolute Gasteiger partial charge is 0.179 e. The predicted molar refractivity (Wildman–Crippen MR) is 81.4 cm³/mol. The lowest BCUT2D eigenvalue weighted by Gasteiger charge is -2.22. The van der Waals surface area contributed by atoms with Crippen LogP contribution in [0.5, 0.6) is 0 Å². The number of nitrogens with zero attached hydrogens (tertiary/aromatic N) is 2. The van der Waals surface area contributed by atoms with Crippen molar-refractivity contribution < 1.29 is 0 Å². The van der Waals surface area contributed by atoms with E-state index < -0.39 is 0 Å². The molecule has 2 aromatic heterocycles. The summed E-state index contributed by atoms with van der Waals surface area (Å²) in [6.07, 6.45) is 4.13. The van der Waals surface area contributed by atoms with Crippen molar-refractivity contribution in [3.8, 4) is 0 Å². The zero-order valence-corrected chi connectivity index (χ0v) is 13.3. The fraction of sp³-hybridized carbons (Fsp3) is 0.538. The minimum absolute atomic E-state index is 0.370. The van der Waals surface area contributed by atoms with Gasteiger partial charge in [-0.15, -0.1) is 0 Å². The number of imidazole rings is 1. The van der Waals surface area contributed by atoms with Crippen molar-refractivity contribution in [2.45, 2.75) is 39.7 Å². The van der Waals surface area contributed by atoms with Crippen LogP contribution in [0, 0.1) is 10.7 Å². The van der Waals surface area contributed by atoms with Gasteiger partial charge in [-0.1, -0.05) is 26.7 Å². The van der Waals surface area contributed by atoms with Crippen LogP contribution in [0.15, 0.2) is 16.7 Å². The summed E-state index contributed by atoms with van der Waals surface area (Å²) < 4.78 is 3.87. The highest BCUT2D eigenvalue weighted by molar-refractivity contribution is 9.10. The van der Waals surface area contributed by atoms with Gasteiger partial charge in [0.25, 0.3) is 0 Å². The van der Waals surface area contributed by atoms with E-state index >= 15 is 0 Å². The molecule has 1 atom stereocenters. The Kier molecular flexibility index (Phi) is 4.22. The average Bonchev–Trinajstić information content (AvgIpc) is 2.65. The summed E-state index contributed by atoms with van der Waals surface area (Å²) in [5.74, 6) is 0.626. The van der Waals surface area contributed by atoms with E-state index in [9.17, 15) is 0 Å². The molecule has 3 nitrogen and oxygen atoms in total. The van der Waals surface area contributed by atoms with Crippen LogP contribution in [0.2, 0.25) is 0 Å². The number of halogens is 1. The average molecular weight is 328 g/mol. The van der Waals surface area contributed by atoms with Crippen molar-refractivity contribution in [3.63, 3.8) is 0 Å². The third-order valence-corrected chi connectivity index (χ3v) is 4.39. The van der Waals surface area contributed by atoms with Crippen LogP contribution >= 0.6 is 28.1 Å². The van der Waals surface area contributed by atoms with E-state index in [0.29, 0.717) is 12.0 Å². The van der Waals surface area contributed by atoms with Crippen LogP contribution in [0.3, 0.4) is 0 Å². The summed E-state index contributed by atoms with van der Waals surface area (Å²) in [6.45, 7) is 6.69. The third-order valence-electron chi connectivity index (χ3n) is 3.66. The van der Waals surface area contributed by atoms with Crippen LogP contribution in [0.1, 0.15) is 39.7 Å². The Morgan fingerprint density at radius 1 is 1.44 bits per heavy atom. The molecule has 0 aliphatic heterocycles. The predicted octanol–water partition coefficient (Wildman–Crippen LogP) is 4.85. The lowest BCUT2D eigenvalue weighted by Crippen LogP contribution is -2.16. The highest BCUT2D eigenvalue weighted by Crippen LogP contribution is 2.28. The fourth-order valence-corrected chi connectivity index (χ4v) is 3.24. The highest BCUT2D eigenvalue weighted by atomic mass is 79.9. The minimum Gasteiger partial charge on any atom is -0.329 e. The van der Waals surface area contributed by atoms with Gasteiger partial charge in [-0.3, -0.25) is 4.57 Å². The Labute approximate surface area is 121 Å². The molecule has 18 heavy (non-hydrogen) atoms. The van der Waals surface area contributed by atoms with Crippen molar-refractivity contribution in [1.82, 2.24) is 14.5 Å². The molecule has 2 aromatic rings. The van der Waals surface area contributed by atoms with Gasteiger partial charge in [0.15, 0.2) is 10.4 Å². The van der Waals surface area contributed by atoms with E-state index in [1.165, 1.54) is 0 Å². The van der Waals surface area contributed by atoms with Crippen LogP contribution in [0.4, 0.5) is 0 Å². The van der Waals surface area contributed by atoms with E-state index in [0.717, 1.165) is 33.2 Å². The molecule has 98 valence electrons. The molecule has 0 saturated heterocycles. The first kappa shape index (κ1) is 13.7. The molecule has 2 heterocycles. The number of aromatic amines is 1. The SMILES string of the molecule is CCC(CC)C(C)n1c(=S)[nH]c2cc(Br)cnc21. The molecular formula is C13H18BrN3S. The third kappa shape index (κ3) is 2.38. The van der Waals surface area contributed by atoms with Gasteiger partial charge in [0.05, 0.1) is 5.52 Å². The number of hydrogen-bond acceptors (Lipinski definition) is 2. The number of fused-ring (bicyclic) bond motifs is 1. The molecule has 0 radical (unpaired) electrons. The molecule has 1 unspecified atom stereocenters. The Balaban J connectivity index is 2.56. The first-order chi connectivity index (χ1) is 8.58. The van der Waals surface area contributed by atoms with Gasteiger partial charge >= 0.3 is 0 Å². The van der Waals surface area contributed by atoms with Crippen molar-refractivity contribution in [3.05, 3.63) is 21.5 Å². The number of nitrogens with one attached hydrogen (secondary N) is 1. The van der Waals surface area contributed by atoms with Crippen molar-refractivity contribution >= 4 is 39.3 Å². The van der Waals surface area contributed by atoms with Gasteiger partial charge in [0.1, 0.15) is 0 Å². The number of rotatable bonds is 4. The van der Waals surface area contributed by atoms with Gasteiger partial charge in [-0.2, -0.15) is 0 Å². The number of hydrogen-bond donors (Lipinski definition) is 1. The van der Waals surface area contributed by atoms with Crippen molar-refractivity contribution in [2.75, 3.05) is 0 Å². The standard InChI is InChI=1S/C13H18BrN3S/c1-4-9(5-2)8(3)17-12-11(16-13(17)18)6-10(14)7-15-12/h6-9H,4-5H2,1-3H3,(H,16,18). The number of pyridine rings is 1. The summed E-state index contributed by atoms with van der Waals surface area (Å²) >= 11 is 8.87. The summed E-state index contributed by atoms with van der Waals surface area (Å²) in [5, 5.41) is 0. The Morgan fingerprint density at radius 2 is 2.11 bits per heavy atom. The van der Waals surface area contributed by atoms with E-state index in [2.05, 4.69) is 51.2 Å². The lowest BCUT2D eigenvalue weighted by molar-refractivity contribution is 0.336. The first-order valence-electron chi connectivity index (χ1n) is 6.34. The van der Waals surface area contributed by atoms with Crippen LogP contribution in [-0.4, -0.2) is 14.5 Å². The molecule has 0 aliphatic carbocycles. The monoisotopic (exact) mass is 327 g/mol. The maximum Gasteiger partial charge on any atom is 0.179 e. The van der Waals surface area contributed by atoms with Crippen molar-refractivity contribution in [1.29, 1.82) is 0 Å². The first-order valence-corrected chi connectivity index (χ1v) is 7.54. The largest absolute Gasteiger partial charge is 0.329 e. The molecule has 0 saturated carbocycles. The molecule has 0 aliphatic rings. The molecule has 0 fully saturated rings. The normalized spacial score (nSPS) is 13.4. The Hall–Kier alpha value is -0.680. The summed E-state index contributed by atoms with van der Waals surface area (Å²) in [6, 6.07) is 2.39. The zero-order chi connectivity index (χ0) is 13.3. The van der Waals surface area contributed by atoms with E-state index in [-0.39, 0.29) is 0 Å². The highest BCUT2D eigenvalue weighted by Gasteiger charge is 2.19. The van der Waals surface area contributed by atoms with Crippen LogP contribution in [-0.2, 0) is 0 Å².